The van der Waals surface area contributed by atoms with Gasteiger partial charge in [0.1, 0.15) is 18.2 Å². The molecule has 2 aromatic rings. The summed E-state index contributed by atoms with van der Waals surface area (Å²) in [7, 11) is 1.48. The summed E-state index contributed by atoms with van der Waals surface area (Å²) in [5.41, 5.74) is 6.55. The van der Waals surface area contributed by atoms with E-state index in [2.05, 4.69) is 0 Å². The Morgan fingerprint density at radius 2 is 2.05 bits per heavy atom. The van der Waals surface area contributed by atoms with Gasteiger partial charge in [-0.2, -0.15) is 0 Å². The molecule has 21 heavy (non-hydrogen) atoms. The van der Waals surface area contributed by atoms with Crippen LogP contribution in [0, 0.1) is 5.82 Å². The largest absolute Gasteiger partial charge is 0.495 e. The minimum Gasteiger partial charge on any atom is -0.495 e. The molecule has 2 aromatic carbocycles. The molecule has 0 spiro atoms. The van der Waals surface area contributed by atoms with E-state index in [1.807, 2.05) is 0 Å². The summed E-state index contributed by atoms with van der Waals surface area (Å²) >= 11 is 5.65. The molecule has 0 aliphatic carbocycles. The van der Waals surface area contributed by atoms with E-state index in [4.69, 9.17) is 26.8 Å². The van der Waals surface area contributed by atoms with Crippen LogP contribution < -0.4 is 10.5 Å². The van der Waals surface area contributed by atoms with E-state index < -0.39 is 11.8 Å². The Bertz CT molecular complexity index is 676. The van der Waals surface area contributed by atoms with E-state index in [1.54, 1.807) is 6.07 Å². The summed E-state index contributed by atoms with van der Waals surface area (Å²) < 4.78 is 23.6. The molecule has 0 bridgehead atoms. The zero-order valence-electron chi connectivity index (χ0n) is 11.2. The van der Waals surface area contributed by atoms with Crippen molar-refractivity contribution in [2.24, 2.45) is 0 Å². The van der Waals surface area contributed by atoms with Crippen LogP contribution in [0.15, 0.2) is 36.4 Å². The molecule has 0 aliphatic heterocycles. The number of esters is 1. The lowest BCUT2D eigenvalue weighted by Crippen LogP contribution is -2.07. The van der Waals surface area contributed by atoms with Gasteiger partial charge in [0.15, 0.2) is 0 Å². The van der Waals surface area contributed by atoms with Gasteiger partial charge in [0.05, 0.1) is 18.4 Å². The van der Waals surface area contributed by atoms with Crippen LogP contribution in [0.4, 0.5) is 10.1 Å². The van der Waals surface area contributed by atoms with E-state index in [0.717, 1.165) is 6.07 Å². The molecule has 0 unspecified atom stereocenters. The van der Waals surface area contributed by atoms with Crippen molar-refractivity contribution in [3.8, 4) is 5.75 Å². The van der Waals surface area contributed by atoms with Crippen molar-refractivity contribution < 1.29 is 18.7 Å². The standard InChI is InChI=1S/C15H13ClFNO3/c1-20-14-5-3-9(6-13(14)18)15(19)21-8-10-2-4-11(16)7-12(10)17/h2-7H,8,18H2,1H3. The summed E-state index contributed by atoms with van der Waals surface area (Å²) in [4.78, 5) is 11.9. The fourth-order valence-electron chi connectivity index (χ4n) is 1.73. The molecule has 0 fully saturated rings. The fraction of sp³-hybridized carbons (Fsp3) is 0.133. The highest BCUT2D eigenvalue weighted by Crippen LogP contribution is 2.22. The van der Waals surface area contributed by atoms with Crippen molar-refractivity contribution in [1.29, 1.82) is 0 Å². The van der Waals surface area contributed by atoms with Gasteiger partial charge in [-0.1, -0.05) is 17.7 Å². The van der Waals surface area contributed by atoms with Crippen molar-refractivity contribution in [1.82, 2.24) is 0 Å². The van der Waals surface area contributed by atoms with Crippen molar-refractivity contribution >= 4 is 23.3 Å². The predicted octanol–water partition coefficient (Wildman–Crippen LogP) is 3.43. The molecule has 0 heterocycles. The molecule has 4 nitrogen and oxygen atoms in total. The molecule has 0 saturated carbocycles. The molecule has 110 valence electrons. The first-order valence-electron chi connectivity index (χ1n) is 6.06. The number of carbonyl (C=O) groups is 1. The third-order valence-corrected chi connectivity index (χ3v) is 3.07. The number of methoxy groups -OCH3 is 1. The van der Waals surface area contributed by atoms with Gasteiger partial charge in [0.2, 0.25) is 0 Å². The summed E-state index contributed by atoms with van der Waals surface area (Å²) in [6.45, 7) is -0.187. The second-order valence-electron chi connectivity index (χ2n) is 4.27. The van der Waals surface area contributed by atoms with Gasteiger partial charge >= 0.3 is 5.97 Å². The lowest BCUT2D eigenvalue weighted by atomic mass is 10.2. The zero-order valence-corrected chi connectivity index (χ0v) is 12.0. The van der Waals surface area contributed by atoms with E-state index in [-0.39, 0.29) is 22.8 Å². The third-order valence-electron chi connectivity index (χ3n) is 2.84. The van der Waals surface area contributed by atoms with Gasteiger partial charge in [0.25, 0.3) is 0 Å². The maximum absolute atomic E-state index is 13.6. The number of nitrogens with two attached hydrogens (primary N) is 1. The first kappa shape index (κ1) is 15.1. The molecule has 0 saturated heterocycles. The fourth-order valence-corrected chi connectivity index (χ4v) is 1.89. The van der Waals surface area contributed by atoms with E-state index >= 15 is 0 Å². The minimum absolute atomic E-state index is 0.187. The number of carbonyl (C=O) groups excluding carboxylic acids is 1. The molecule has 0 aromatic heterocycles. The number of nitrogen functional groups attached to an aromatic ring is 1. The van der Waals surface area contributed by atoms with E-state index in [0.29, 0.717) is 11.4 Å². The molecule has 6 heteroatoms. The van der Waals surface area contributed by atoms with E-state index in [9.17, 15) is 9.18 Å². The Morgan fingerprint density at radius 3 is 2.67 bits per heavy atom. The number of ether oxygens (including phenoxy) is 2. The van der Waals surface area contributed by atoms with Crippen LogP contribution >= 0.6 is 11.6 Å². The summed E-state index contributed by atoms with van der Waals surface area (Å²) in [5.74, 6) is -0.654. The van der Waals surface area contributed by atoms with Gasteiger partial charge in [0, 0.05) is 10.6 Å². The summed E-state index contributed by atoms with van der Waals surface area (Å²) in [5, 5.41) is 0.283. The maximum Gasteiger partial charge on any atom is 0.338 e. The molecule has 0 aliphatic rings. The Hall–Kier alpha value is -2.27. The van der Waals surface area contributed by atoms with Gasteiger partial charge in [-0.25, -0.2) is 9.18 Å². The third kappa shape index (κ3) is 3.64. The monoisotopic (exact) mass is 309 g/mol. The van der Waals surface area contributed by atoms with Gasteiger partial charge < -0.3 is 15.2 Å². The summed E-state index contributed by atoms with van der Waals surface area (Å²) in [6.07, 6.45) is 0. The quantitative estimate of drug-likeness (QED) is 0.694. The Balaban J connectivity index is 2.06. The van der Waals surface area contributed by atoms with Crippen LogP contribution in [-0.4, -0.2) is 13.1 Å². The number of rotatable bonds is 4. The first-order valence-corrected chi connectivity index (χ1v) is 6.43. The molecule has 2 N–H and O–H groups in total. The molecular weight excluding hydrogens is 297 g/mol. The maximum atomic E-state index is 13.6. The average Bonchev–Trinajstić information content (AvgIpc) is 2.46. The highest BCUT2D eigenvalue weighted by atomic mass is 35.5. The SMILES string of the molecule is COc1ccc(C(=O)OCc2ccc(Cl)cc2F)cc1N. The predicted molar refractivity (Wildman–Crippen MR) is 77.9 cm³/mol. The van der Waals surface area contributed by atoms with Crippen molar-refractivity contribution in [3.63, 3.8) is 0 Å². The highest BCUT2D eigenvalue weighted by Gasteiger charge is 2.11. The van der Waals surface area contributed by atoms with E-state index in [1.165, 1.54) is 31.4 Å². The topological polar surface area (TPSA) is 61.5 Å². The molecule has 0 atom stereocenters. The molecule has 0 radical (unpaired) electrons. The van der Waals surface area contributed by atoms with Gasteiger partial charge in [-0.05, 0) is 30.3 Å². The Kier molecular flexibility index (Phi) is 4.65. The summed E-state index contributed by atoms with van der Waals surface area (Å²) in [6, 6.07) is 8.69. The van der Waals surface area contributed by atoms with Gasteiger partial charge in [-0.3, -0.25) is 0 Å². The van der Waals surface area contributed by atoms with Crippen LogP contribution in [0.3, 0.4) is 0 Å². The van der Waals surface area contributed by atoms with Crippen molar-refractivity contribution in [2.75, 3.05) is 12.8 Å². The second kappa shape index (κ2) is 6.45. The lowest BCUT2D eigenvalue weighted by molar-refractivity contribution is 0.0469. The smallest absolute Gasteiger partial charge is 0.338 e. The number of hydrogen-bond acceptors (Lipinski definition) is 4. The van der Waals surface area contributed by atoms with Crippen LogP contribution in [0.25, 0.3) is 0 Å². The number of hydrogen-bond donors (Lipinski definition) is 1. The molecule has 2 rings (SSSR count). The van der Waals surface area contributed by atoms with Crippen molar-refractivity contribution in [2.45, 2.75) is 6.61 Å². The van der Waals surface area contributed by atoms with Crippen LogP contribution in [0.5, 0.6) is 5.75 Å². The van der Waals surface area contributed by atoms with Crippen molar-refractivity contribution in [3.05, 3.63) is 58.4 Å². The zero-order chi connectivity index (χ0) is 15.4. The normalized spacial score (nSPS) is 10.2. The number of benzene rings is 2. The minimum atomic E-state index is -0.598. The Morgan fingerprint density at radius 1 is 1.29 bits per heavy atom. The number of halogens is 2. The molecular formula is C15H13ClFNO3. The van der Waals surface area contributed by atoms with Crippen LogP contribution in [0.1, 0.15) is 15.9 Å². The van der Waals surface area contributed by atoms with Crippen LogP contribution in [0.2, 0.25) is 5.02 Å². The van der Waals surface area contributed by atoms with Crippen LogP contribution in [-0.2, 0) is 11.3 Å². The molecule has 0 amide bonds. The second-order valence-corrected chi connectivity index (χ2v) is 4.71. The lowest BCUT2D eigenvalue weighted by Gasteiger charge is -2.08. The average molecular weight is 310 g/mol. The number of anilines is 1. The van der Waals surface area contributed by atoms with Gasteiger partial charge in [-0.15, -0.1) is 0 Å². The first-order chi connectivity index (χ1) is 10.0. The highest BCUT2D eigenvalue weighted by molar-refractivity contribution is 6.30. The Labute approximate surface area is 126 Å².